The quantitative estimate of drug-likeness (QED) is 0.850. The van der Waals surface area contributed by atoms with Gasteiger partial charge in [-0.3, -0.25) is 4.79 Å². The first-order valence-corrected chi connectivity index (χ1v) is 6.31. The Labute approximate surface area is 100 Å². The van der Waals surface area contributed by atoms with Crippen LogP contribution in [-0.2, 0) is 4.79 Å². The van der Waals surface area contributed by atoms with Crippen molar-refractivity contribution in [3.8, 4) is 0 Å². The molecule has 0 bridgehead atoms. The van der Waals surface area contributed by atoms with E-state index >= 15 is 0 Å². The molecular formula is C11H19N3OS. The maximum Gasteiger partial charge on any atom is 0.229 e. The number of nitrogens with one attached hydrogen (secondary N) is 1. The van der Waals surface area contributed by atoms with Crippen LogP contribution in [0.3, 0.4) is 0 Å². The van der Waals surface area contributed by atoms with Crippen molar-refractivity contribution in [1.29, 1.82) is 0 Å². The maximum absolute atomic E-state index is 11.8. The molecule has 2 atom stereocenters. The summed E-state index contributed by atoms with van der Waals surface area (Å²) in [5.74, 6) is 0.330. The molecule has 4 nitrogen and oxygen atoms in total. The zero-order valence-electron chi connectivity index (χ0n) is 10.2. The van der Waals surface area contributed by atoms with Crippen molar-refractivity contribution in [1.82, 2.24) is 4.98 Å². The van der Waals surface area contributed by atoms with Gasteiger partial charge in [0.2, 0.25) is 5.91 Å². The molecule has 2 unspecified atom stereocenters. The molecular weight excluding hydrogens is 222 g/mol. The molecule has 0 saturated heterocycles. The van der Waals surface area contributed by atoms with Crippen LogP contribution >= 0.6 is 11.3 Å². The molecule has 0 aromatic carbocycles. The second kappa shape index (κ2) is 5.41. The predicted molar refractivity (Wildman–Crippen MR) is 67.3 cm³/mol. The second-order valence-electron chi connectivity index (χ2n) is 4.39. The highest BCUT2D eigenvalue weighted by atomic mass is 32.1. The fourth-order valence-electron chi connectivity index (χ4n) is 1.07. The van der Waals surface area contributed by atoms with E-state index in [0.717, 1.165) is 5.69 Å². The molecule has 0 radical (unpaired) electrons. The van der Waals surface area contributed by atoms with Crippen molar-refractivity contribution >= 4 is 22.4 Å². The molecule has 1 heterocycles. The van der Waals surface area contributed by atoms with Crippen molar-refractivity contribution in [2.45, 2.75) is 33.7 Å². The second-order valence-corrected chi connectivity index (χ2v) is 5.25. The molecule has 0 fully saturated rings. The van der Waals surface area contributed by atoms with E-state index in [1.165, 1.54) is 11.3 Å². The average Bonchev–Trinajstić information content (AvgIpc) is 2.64. The van der Waals surface area contributed by atoms with E-state index in [4.69, 9.17) is 5.73 Å². The number of amides is 1. The summed E-state index contributed by atoms with van der Waals surface area (Å²) in [4.78, 5) is 16.0. The fourth-order valence-corrected chi connectivity index (χ4v) is 1.89. The highest BCUT2D eigenvalue weighted by molar-refractivity contribution is 7.13. The van der Waals surface area contributed by atoms with Gasteiger partial charge in [-0.2, -0.15) is 0 Å². The number of carbonyl (C=O) groups excluding carboxylic acids is 1. The van der Waals surface area contributed by atoms with Crippen LogP contribution < -0.4 is 11.1 Å². The Bertz CT molecular complexity index is 360. The van der Waals surface area contributed by atoms with Crippen LogP contribution in [0.15, 0.2) is 5.38 Å². The monoisotopic (exact) mass is 241 g/mol. The zero-order valence-corrected chi connectivity index (χ0v) is 11.0. The van der Waals surface area contributed by atoms with Gasteiger partial charge in [0.1, 0.15) is 0 Å². The van der Waals surface area contributed by atoms with Crippen LogP contribution in [0.1, 0.15) is 39.4 Å². The molecule has 1 rings (SSSR count). The first-order valence-electron chi connectivity index (χ1n) is 5.43. The van der Waals surface area contributed by atoms with Gasteiger partial charge in [0.15, 0.2) is 5.13 Å². The van der Waals surface area contributed by atoms with Crippen LogP contribution in [0.4, 0.5) is 5.13 Å². The fraction of sp³-hybridized carbons (Fsp3) is 0.636. The molecule has 0 aliphatic heterocycles. The van der Waals surface area contributed by atoms with Crippen LogP contribution in [0.25, 0.3) is 0 Å². The summed E-state index contributed by atoms with van der Waals surface area (Å²) in [6.45, 7) is 7.84. The first kappa shape index (κ1) is 13.1. The Morgan fingerprint density at radius 1 is 1.44 bits per heavy atom. The van der Waals surface area contributed by atoms with Gasteiger partial charge in [0.05, 0.1) is 5.69 Å². The number of thiazole rings is 1. The van der Waals surface area contributed by atoms with E-state index in [1.807, 2.05) is 33.1 Å². The smallest absolute Gasteiger partial charge is 0.229 e. The topological polar surface area (TPSA) is 68.0 Å². The lowest BCUT2D eigenvalue weighted by Crippen LogP contribution is -2.24. The normalized spacial score (nSPS) is 14.9. The van der Waals surface area contributed by atoms with Gasteiger partial charge in [-0.1, -0.05) is 20.8 Å². The minimum Gasteiger partial charge on any atom is -0.323 e. The van der Waals surface area contributed by atoms with Crippen LogP contribution in [0.2, 0.25) is 0 Å². The Morgan fingerprint density at radius 3 is 2.50 bits per heavy atom. The van der Waals surface area contributed by atoms with Crippen molar-refractivity contribution in [3.63, 3.8) is 0 Å². The van der Waals surface area contributed by atoms with Crippen LogP contribution in [-0.4, -0.2) is 10.9 Å². The molecule has 3 N–H and O–H groups in total. The van der Waals surface area contributed by atoms with E-state index in [0.29, 0.717) is 11.0 Å². The molecule has 1 amide bonds. The lowest BCUT2D eigenvalue weighted by molar-refractivity contribution is -0.120. The van der Waals surface area contributed by atoms with Crippen molar-refractivity contribution < 1.29 is 4.79 Å². The largest absolute Gasteiger partial charge is 0.323 e. The molecule has 90 valence electrons. The number of carbonyl (C=O) groups is 1. The van der Waals surface area contributed by atoms with Crippen molar-refractivity contribution in [2.75, 3.05) is 5.32 Å². The summed E-state index contributed by atoms with van der Waals surface area (Å²) in [7, 11) is 0. The molecule has 0 aliphatic rings. The van der Waals surface area contributed by atoms with E-state index in [1.54, 1.807) is 0 Å². The Kier molecular flexibility index (Phi) is 4.44. The van der Waals surface area contributed by atoms with Crippen LogP contribution in [0, 0.1) is 11.8 Å². The SMILES string of the molecule is CC(N)c1csc(NC(=O)C(C)C(C)C)n1. The molecule has 1 aromatic rings. The summed E-state index contributed by atoms with van der Waals surface area (Å²) < 4.78 is 0. The summed E-state index contributed by atoms with van der Waals surface area (Å²) in [5.41, 5.74) is 6.51. The Morgan fingerprint density at radius 2 is 2.06 bits per heavy atom. The third-order valence-electron chi connectivity index (χ3n) is 2.63. The Hall–Kier alpha value is -0.940. The summed E-state index contributed by atoms with van der Waals surface area (Å²) in [6.07, 6.45) is 0. The molecule has 5 heteroatoms. The van der Waals surface area contributed by atoms with Crippen molar-refractivity contribution in [3.05, 3.63) is 11.1 Å². The minimum atomic E-state index is -0.0931. The lowest BCUT2D eigenvalue weighted by atomic mass is 9.97. The number of nitrogens with two attached hydrogens (primary N) is 1. The first-order chi connectivity index (χ1) is 7.41. The standard InChI is InChI=1S/C11H19N3OS/c1-6(2)7(3)10(15)14-11-13-9(5-16-11)8(4)12/h5-8H,12H2,1-4H3,(H,13,14,15). The molecule has 0 aliphatic carbocycles. The summed E-state index contributed by atoms with van der Waals surface area (Å²) in [5, 5.41) is 5.32. The Balaban J connectivity index is 2.63. The average molecular weight is 241 g/mol. The van der Waals surface area contributed by atoms with Crippen molar-refractivity contribution in [2.24, 2.45) is 17.6 Å². The van der Waals surface area contributed by atoms with Gasteiger partial charge < -0.3 is 11.1 Å². The highest BCUT2D eigenvalue weighted by Gasteiger charge is 2.18. The number of aromatic nitrogens is 1. The van der Waals surface area contributed by atoms with Gasteiger partial charge in [-0.05, 0) is 12.8 Å². The lowest BCUT2D eigenvalue weighted by Gasteiger charge is -2.13. The van der Waals surface area contributed by atoms with Gasteiger partial charge in [-0.15, -0.1) is 11.3 Å². The van der Waals surface area contributed by atoms with Crippen LogP contribution in [0.5, 0.6) is 0 Å². The van der Waals surface area contributed by atoms with E-state index in [-0.39, 0.29) is 17.9 Å². The summed E-state index contributed by atoms with van der Waals surface area (Å²) in [6, 6.07) is -0.0931. The van der Waals surface area contributed by atoms with E-state index in [2.05, 4.69) is 10.3 Å². The summed E-state index contributed by atoms with van der Waals surface area (Å²) >= 11 is 1.41. The minimum absolute atomic E-state index is 0.0114. The number of rotatable bonds is 4. The maximum atomic E-state index is 11.8. The van der Waals surface area contributed by atoms with E-state index < -0.39 is 0 Å². The molecule has 1 aromatic heterocycles. The van der Waals surface area contributed by atoms with Gasteiger partial charge >= 0.3 is 0 Å². The third-order valence-corrected chi connectivity index (χ3v) is 3.41. The predicted octanol–water partition coefficient (Wildman–Crippen LogP) is 2.39. The van der Waals surface area contributed by atoms with Gasteiger partial charge in [-0.25, -0.2) is 4.98 Å². The zero-order chi connectivity index (χ0) is 12.3. The molecule has 0 saturated carbocycles. The molecule has 0 spiro atoms. The van der Waals surface area contributed by atoms with Gasteiger partial charge in [0.25, 0.3) is 0 Å². The number of anilines is 1. The van der Waals surface area contributed by atoms with Gasteiger partial charge in [0, 0.05) is 17.3 Å². The number of hydrogen-bond acceptors (Lipinski definition) is 4. The molecule has 16 heavy (non-hydrogen) atoms. The highest BCUT2D eigenvalue weighted by Crippen LogP contribution is 2.20. The number of nitrogens with zero attached hydrogens (tertiary/aromatic N) is 1. The number of hydrogen-bond donors (Lipinski definition) is 2. The van der Waals surface area contributed by atoms with E-state index in [9.17, 15) is 4.79 Å². The third kappa shape index (κ3) is 3.28.